The Morgan fingerprint density at radius 2 is 1.96 bits per heavy atom. The molecule has 10 heteroatoms. The van der Waals surface area contributed by atoms with Crippen LogP contribution in [0.2, 0.25) is 0 Å². The molecule has 0 radical (unpaired) electrons. The Kier molecular flexibility index (Phi) is 8.11. The number of nitrogens with one attached hydrogen (secondary N) is 2. The third kappa shape index (κ3) is 5.62. The lowest BCUT2D eigenvalue weighted by atomic mass is 10.2. The van der Waals surface area contributed by atoms with Crippen molar-refractivity contribution >= 4 is 41.3 Å². The van der Waals surface area contributed by atoms with Gasteiger partial charge in [-0.2, -0.15) is 0 Å². The van der Waals surface area contributed by atoms with Crippen LogP contribution in [0.4, 0.5) is 5.69 Å². The number of rotatable bonds is 7. The Morgan fingerprint density at radius 1 is 1.18 bits per heavy atom. The summed E-state index contributed by atoms with van der Waals surface area (Å²) in [6, 6.07) is 12.1. The molecule has 0 fully saturated rings. The van der Waals surface area contributed by atoms with Crippen molar-refractivity contribution in [2.75, 3.05) is 6.54 Å². The number of hydrogen-bond donors (Lipinski definition) is 2. The molecule has 3 aromatic rings. The minimum atomic E-state index is -0.411. The van der Waals surface area contributed by atoms with Gasteiger partial charge in [-0.3, -0.25) is 14.5 Å². The molecule has 148 valence electrons. The summed E-state index contributed by atoms with van der Waals surface area (Å²) >= 11 is 0. The first kappa shape index (κ1) is 21.5. The molecule has 2 aromatic heterocycles. The molecule has 0 saturated carbocycles. The zero-order chi connectivity index (χ0) is 19.1. The van der Waals surface area contributed by atoms with Gasteiger partial charge in [0, 0.05) is 24.9 Å². The number of hydrogen-bond acceptors (Lipinski definition) is 5. The summed E-state index contributed by atoms with van der Waals surface area (Å²) in [7, 11) is 0. The molecule has 9 nitrogen and oxygen atoms in total. The van der Waals surface area contributed by atoms with E-state index in [0.29, 0.717) is 19.0 Å². The van der Waals surface area contributed by atoms with Crippen molar-refractivity contribution in [1.29, 1.82) is 0 Å². The van der Waals surface area contributed by atoms with Gasteiger partial charge < -0.3 is 10.6 Å². The standard InChI is InChI=1S/C18H21N7O2.HI/c1-2-10-19-18(20-12-14-6-8-15(9-7-14)25(26)27)21-13-17-23-22-16-5-3-4-11-24(16)17;/h3-9,11H,2,10,12-13H2,1H3,(H2,19,20,21);1H. The molecular weight excluding hydrogens is 473 g/mol. The van der Waals surface area contributed by atoms with Crippen molar-refractivity contribution in [3.05, 3.63) is 70.2 Å². The Morgan fingerprint density at radius 3 is 2.68 bits per heavy atom. The molecule has 0 aliphatic carbocycles. The maximum atomic E-state index is 10.7. The Hall–Kier alpha value is -2.76. The quantitative estimate of drug-likeness (QED) is 0.172. The smallest absolute Gasteiger partial charge is 0.269 e. The predicted molar refractivity (Wildman–Crippen MR) is 118 cm³/mol. The summed E-state index contributed by atoms with van der Waals surface area (Å²) in [5.74, 6) is 1.44. The fourth-order valence-electron chi connectivity index (χ4n) is 2.49. The third-order valence-electron chi connectivity index (χ3n) is 3.91. The molecule has 0 aliphatic rings. The van der Waals surface area contributed by atoms with Crippen molar-refractivity contribution in [2.45, 2.75) is 26.4 Å². The average Bonchev–Trinajstić information content (AvgIpc) is 3.11. The number of nitro groups is 1. The first-order valence-electron chi connectivity index (χ1n) is 8.71. The normalized spacial score (nSPS) is 11.1. The van der Waals surface area contributed by atoms with Crippen LogP contribution in [0.3, 0.4) is 0 Å². The van der Waals surface area contributed by atoms with Gasteiger partial charge >= 0.3 is 0 Å². The number of fused-ring (bicyclic) bond motifs is 1. The van der Waals surface area contributed by atoms with E-state index in [4.69, 9.17) is 0 Å². The van der Waals surface area contributed by atoms with Gasteiger partial charge in [-0.05, 0) is 24.1 Å². The van der Waals surface area contributed by atoms with E-state index in [2.05, 4.69) is 32.7 Å². The second-order valence-electron chi connectivity index (χ2n) is 5.91. The SMILES string of the molecule is CCCNC(=NCc1ccc([N+](=O)[O-])cc1)NCc1nnc2ccccn12.I. The van der Waals surface area contributed by atoms with Crippen LogP contribution in [0.1, 0.15) is 24.7 Å². The zero-order valence-corrected chi connectivity index (χ0v) is 17.7. The monoisotopic (exact) mass is 495 g/mol. The number of nitrogens with zero attached hydrogens (tertiary/aromatic N) is 5. The second kappa shape index (κ2) is 10.5. The van der Waals surface area contributed by atoms with E-state index >= 15 is 0 Å². The molecule has 0 spiro atoms. The summed E-state index contributed by atoms with van der Waals surface area (Å²) in [6.45, 7) is 3.75. The van der Waals surface area contributed by atoms with E-state index in [1.165, 1.54) is 12.1 Å². The number of pyridine rings is 1. The highest BCUT2D eigenvalue weighted by atomic mass is 127. The Labute approximate surface area is 179 Å². The zero-order valence-electron chi connectivity index (χ0n) is 15.4. The van der Waals surface area contributed by atoms with Gasteiger partial charge in [-0.1, -0.05) is 25.1 Å². The lowest BCUT2D eigenvalue weighted by Gasteiger charge is -2.11. The average molecular weight is 495 g/mol. The fraction of sp³-hybridized carbons (Fsp3) is 0.278. The minimum absolute atomic E-state index is 0. The number of nitro benzene ring substituents is 1. The number of aliphatic imine (C=N–C) groups is 1. The maximum Gasteiger partial charge on any atom is 0.269 e. The summed E-state index contributed by atoms with van der Waals surface area (Å²) < 4.78 is 1.92. The number of non-ortho nitro benzene ring substituents is 1. The predicted octanol–water partition coefficient (Wildman–Crippen LogP) is 2.90. The van der Waals surface area contributed by atoms with Crippen LogP contribution in [0.15, 0.2) is 53.7 Å². The lowest BCUT2D eigenvalue weighted by Crippen LogP contribution is -2.37. The Bertz CT molecular complexity index is 941. The van der Waals surface area contributed by atoms with Crippen LogP contribution >= 0.6 is 24.0 Å². The van der Waals surface area contributed by atoms with E-state index in [9.17, 15) is 10.1 Å². The highest BCUT2D eigenvalue weighted by Gasteiger charge is 2.07. The molecule has 0 bridgehead atoms. The number of halogens is 1. The van der Waals surface area contributed by atoms with Gasteiger partial charge in [-0.25, -0.2) is 4.99 Å². The first-order chi connectivity index (χ1) is 13.2. The van der Waals surface area contributed by atoms with Gasteiger partial charge in [-0.15, -0.1) is 34.2 Å². The van der Waals surface area contributed by atoms with E-state index < -0.39 is 4.92 Å². The molecule has 0 amide bonds. The van der Waals surface area contributed by atoms with Crippen LogP contribution in [0.5, 0.6) is 0 Å². The van der Waals surface area contributed by atoms with Crippen molar-refractivity contribution in [1.82, 2.24) is 25.2 Å². The van der Waals surface area contributed by atoms with Crippen LogP contribution in [0.25, 0.3) is 5.65 Å². The highest BCUT2D eigenvalue weighted by molar-refractivity contribution is 14.0. The highest BCUT2D eigenvalue weighted by Crippen LogP contribution is 2.12. The summed E-state index contributed by atoms with van der Waals surface area (Å²) in [6.07, 6.45) is 2.88. The Balaban J connectivity index is 0.00000280. The van der Waals surface area contributed by atoms with E-state index in [-0.39, 0.29) is 29.7 Å². The van der Waals surface area contributed by atoms with Crippen molar-refractivity contribution < 1.29 is 4.92 Å². The number of benzene rings is 1. The fourth-order valence-corrected chi connectivity index (χ4v) is 2.49. The second-order valence-corrected chi connectivity index (χ2v) is 5.91. The molecule has 0 saturated heterocycles. The van der Waals surface area contributed by atoms with Crippen molar-refractivity contribution in [2.24, 2.45) is 4.99 Å². The summed E-state index contributed by atoms with van der Waals surface area (Å²) in [5.41, 5.74) is 1.76. The molecule has 3 rings (SSSR count). The maximum absolute atomic E-state index is 10.7. The van der Waals surface area contributed by atoms with Gasteiger partial charge in [0.1, 0.15) is 0 Å². The van der Waals surface area contributed by atoms with Crippen LogP contribution in [-0.4, -0.2) is 32.0 Å². The van der Waals surface area contributed by atoms with Crippen LogP contribution in [0, 0.1) is 10.1 Å². The topological polar surface area (TPSA) is 110 Å². The van der Waals surface area contributed by atoms with Gasteiger partial charge in [0.05, 0.1) is 18.0 Å². The molecule has 2 heterocycles. The molecule has 2 N–H and O–H groups in total. The molecular formula is C18H22IN7O2. The minimum Gasteiger partial charge on any atom is -0.356 e. The molecule has 0 aliphatic heterocycles. The van der Waals surface area contributed by atoms with Crippen molar-refractivity contribution in [3.63, 3.8) is 0 Å². The van der Waals surface area contributed by atoms with E-state index in [1.54, 1.807) is 12.1 Å². The van der Waals surface area contributed by atoms with Crippen molar-refractivity contribution in [3.8, 4) is 0 Å². The van der Waals surface area contributed by atoms with Crippen LogP contribution in [-0.2, 0) is 13.1 Å². The molecule has 28 heavy (non-hydrogen) atoms. The van der Waals surface area contributed by atoms with Crippen LogP contribution < -0.4 is 10.6 Å². The van der Waals surface area contributed by atoms with Gasteiger partial charge in [0.25, 0.3) is 5.69 Å². The number of aromatic nitrogens is 3. The summed E-state index contributed by atoms with van der Waals surface area (Å²) in [4.78, 5) is 14.9. The molecule has 0 unspecified atom stereocenters. The van der Waals surface area contributed by atoms with E-state index in [0.717, 1.165) is 30.0 Å². The largest absolute Gasteiger partial charge is 0.356 e. The van der Waals surface area contributed by atoms with E-state index in [1.807, 2.05) is 28.8 Å². The van der Waals surface area contributed by atoms with Gasteiger partial charge in [0.15, 0.2) is 17.4 Å². The first-order valence-corrected chi connectivity index (χ1v) is 8.71. The van der Waals surface area contributed by atoms with Gasteiger partial charge in [0.2, 0.25) is 0 Å². The third-order valence-corrected chi connectivity index (χ3v) is 3.91. The lowest BCUT2D eigenvalue weighted by molar-refractivity contribution is -0.384. The molecule has 1 aromatic carbocycles. The molecule has 0 atom stereocenters. The summed E-state index contributed by atoms with van der Waals surface area (Å²) in [5, 5.41) is 25.6. The number of guanidine groups is 1.